The fourth-order valence-corrected chi connectivity index (χ4v) is 6.83. The van der Waals surface area contributed by atoms with Crippen LogP contribution in [0.25, 0.3) is 11.1 Å². The number of nitro groups is 1. The molecule has 3 atom stereocenters. The molecule has 4 amide bonds. The third-order valence-electron chi connectivity index (χ3n) is 9.16. The number of carbonyl (C=O) groups is 5. The summed E-state index contributed by atoms with van der Waals surface area (Å²) in [5.41, 5.74) is 4.49. The molecule has 59 heavy (non-hydrogen) atoms. The zero-order valence-electron chi connectivity index (χ0n) is 31.9. The number of nitrogens with zero attached hydrogens (tertiary/aromatic N) is 1. The van der Waals surface area contributed by atoms with E-state index in [9.17, 15) is 47.1 Å². The molecule has 0 fully saturated rings. The summed E-state index contributed by atoms with van der Waals surface area (Å²) in [6.45, 7) is 4.24. The maximum absolute atomic E-state index is 13.4. The molecule has 4 aromatic rings. The van der Waals surface area contributed by atoms with Gasteiger partial charge in [-0.15, -0.1) is 0 Å². The molecule has 1 aliphatic rings. The van der Waals surface area contributed by atoms with Crippen LogP contribution in [0, 0.1) is 16.0 Å². The topological polar surface area (TPSA) is 259 Å². The zero-order chi connectivity index (χ0) is 42.9. The summed E-state index contributed by atoms with van der Waals surface area (Å²) in [4.78, 5) is 74.9. The van der Waals surface area contributed by atoms with Crippen molar-refractivity contribution in [2.24, 2.45) is 5.92 Å². The number of nitro benzene ring substituents is 1. The first-order valence-electron chi connectivity index (χ1n) is 18.2. The monoisotopic (exact) mass is 831 g/mol. The van der Waals surface area contributed by atoms with Crippen LogP contribution in [0.4, 0.5) is 21.0 Å². The first-order chi connectivity index (χ1) is 28.0. The van der Waals surface area contributed by atoms with Gasteiger partial charge in [0, 0.05) is 23.7 Å². The zero-order valence-corrected chi connectivity index (χ0v) is 32.8. The lowest BCUT2D eigenvalue weighted by Gasteiger charge is -2.26. The van der Waals surface area contributed by atoms with E-state index < -0.39 is 74.8 Å². The number of nitrogens with one attached hydrogen (secondary N) is 4. The second-order valence-corrected chi connectivity index (χ2v) is 15.3. The van der Waals surface area contributed by atoms with Gasteiger partial charge in [0.15, 0.2) is 0 Å². The number of hydrogen-bond donors (Lipinski definition) is 5. The SMILES string of the molecule is CC(NC(=O)C(NC(=O)C(CS(=O)(=O)O)NC(=O)OCC1c2ccccc2-c2ccccc21)C(C)C)C(=O)Nc1ccc(COC(=O)Oc2ccc([N+](=O)[O-])cc2)cc1. The lowest BCUT2D eigenvalue weighted by Crippen LogP contribution is -2.58. The van der Waals surface area contributed by atoms with Gasteiger partial charge in [0.25, 0.3) is 15.8 Å². The molecule has 19 heteroatoms. The molecule has 5 rings (SSSR count). The fraction of sp³-hybridized carbons (Fsp3) is 0.275. The Morgan fingerprint density at radius 3 is 1.92 bits per heavy atom. The summed E-state index contributed by atoms with van der Waals surface area (Å²) in [6, 6.07) is 21.9. The van der Waals surface area contributed by atoms with Crippen LogP contribution in [0.3, 0.4) is 0 Å². The Kier molecular flexibility index (Phi) is 14.0. The van der Waals surface area contributed by atoms with Crippen LogP contribution in [0.5, 0.6) is 5.75 Å². The smallest absolute Gasteiger partial charge is 0.449 e. The highest BCUT2D eigenvalue weighted by Gasteiger charge is 2.34. The number of alkyl carbamates (subject to hydrolysis) is 1. The molecule has 0 aromatic heterocycles. The normalized spacial score (nSPS) is 13.4. The minimum absolute atomic E-state index is 0.0476. The average Bonchev–Trinajstić information content (AvgIpc) is 3.51. The van der Waals surface area contributed by atoms with Crippen molar-refractivity contribution in [1.29, 1.82) is 0 Å². The van der Waals surface area contributed by atoms with E-state index >= 15 is 0 Å². The van der Waals surface area contributed by atoms with Gasteiger partial charge >= 0.3 is 12.2 Å². The largest absolute Gasteiger partial charge is 0.514 e. The molecular formula is C40H41N5O13S. The van der Waals surface area contributed by atoms with E-state index in [1.54, 1.807) is 26.0 Å². The van der Waals surface area contributed by atoms with Crippen molar-refractivity contribution < 1.29 is 56.1 Å². The van der Waals surface area contributed by atoms with Crippen molar-refractivity contribution in [2.45, 2.75) is 51.4 Å². The number of anilines is 1. The Labute approximate surface area is 338 Å². The molecule has 0 heterocycles. The van der Waals surface area contributed by atoms with Gasteiger partial charge in [-0.3, -0.25) is 29.1 Å². The summed E-state index contributed by atoms with van der Waals surface area (Å²) in [5, 5.41) is 20.5. The molecule has 0 bridgehead atoms. The molecule has 0 spiro atoms. The van der Waals surface area contributed by atoms with Gasteiger partial charge in [-0.2, -0.15) is 8.42 Å². The predicted molar refractivity (Wildman–Crippen MR) is 212 cm³/mol. The van der Waals surface area contributed by atoms with Gasteiger partial charge in [-0.05, 0) is 64.9 Å². The molecule has 18 nitrogen and oxygen atoms in total. The third-order valence-corrected chi connectivity index (χ3v) is 9.91. The van der Waals surface area contributed by atoms with Gasteiger partial charge in [-0.25, -0.2) is 9.59 Å². The Morgan fingerprint density at radius 2 is 1.36 bits per heavy atom. The minimum atomic E-state index is -4.82. The van der Waals surface area contributed by atoms with Gasteiger partial charge in [0.1, 0.15) is 42.8 Å². The van der Waals surface area contributed by atoms with Gasteiger partial charge < -0.3 is 35.5 Å². The highest BCUT2D eigenvalue weighted by atomic mass is 32.2. The maximum atomic E-state index is 13.4. The first kappa shape index (κ1) is 43.3. The quantitative estimate of drug-likeness (QED) is 0.0338. The average molecular weight is 832 g/mol. The van der Waals surface area contributed by atoms with Crippen LogP contribution in [0.1, 0.15) is 43.4 Å². The van der Waals surface area contributed by atoms with E-state index in [4.69, 9.17) is 14.2 Å². The standard InChI is InChI=1S/C40H41N5O13S/c1-23(2)35(38(48)41-24(3)36(46)42-26-14-12-25(13-15-26)20-57-40(50)58-28-18-16-27(17-19-28)45(51)52)44-37(47)34(22-59(53,54)55)43-39(49)56-21-33-31-10-6-4-8-29(31)30-9-5-7-11-32(30)33/h4-19,23-24,33-35H,20-22H2,1-3H3,(H,41,48)(H,42,46)(H,43,49)(H,44,47)(H,53,54,55). The highest BCUT2D eigenvalue weighted by molar-refractivity contribution is 7.85. The predicted octanol–water partition coefficient (Wildman–Crippen LogP) is 4.69. The lowest BCUT2D eigenvalue weighted by atomic mass is 9.98. The van der Waals surface area contributed by atoms with E-state index in [0.29, 0.717) is 11.3 Å². The van der Waals surface area contributed by atoms with Crippen LogP contribution in [-0.4, -0.2) is 78.3 Å². The van der Waals surface area contributed by atoms with Crippen molar-refractivity contribution >= 4 is 51.5 Å². The second-order valence-electron chi connectivity index (χ2n) is 13.8. The number of ether oxygens (including phenoxy) is 3. The molecule has 0 saturated carbocycles. The first-order valence-corrected chi connectivity index (χ1v) is 19.8. The Hall–Kier alpha value is -6.86. The van der Waals surface area contributed by atoms with Gasteiger partial charge in [0.05, 0.1) is 4.92 Å². The number of fused-ring (bicyclic) bond motifs is 3. The molecule has 0 radical (unpaired) electrons. The lowest BCUT2D eigenvalue weighted by molar-refractivity contribution is -0.384. The number of amides is 4. The van der Waals surface area contributed by atoms with E-state index in [1.165, 1.54) is 43.3 Å². The van der Waals surface area contributed by atoms with E-state index in [1.807, 2.05) is 48.5 Å². The molecule has 3 unspecified atom stereocenters. The van der Waals surface area contributed by atoms with Crippen LogP contribution < -0.4 is 26.0 Å². The number of carbonyl (C=O) groups excluding carboxylic acids is 5. The number of rotatable bonds is 16. The van der Waals surface area contributed by atoms with E-state index in [-0.39, 0.29) is 30.6 Å². The molecular weight excluding hydrogens is 791 g/mol. The van der Waals surface area contributed by atoms with Crippen molar-refractivity contribution in [1.82, 2.24) is 16.0 Å². The summed E-state index contributed by atoms with van der Waals surface area (Å²) in [7, 11) is -4.82. The Morgan fingerprint density at radius 1 is 0.763 bits per heavy atom. The van der Waals surface area contributed by atoms with Crippen LogP contribution in [-0.2, 0) is 40.6 Å². The maximum Gasteiger partial charge on any atom is 0.514 e. The van der Waals surface area contributed by atoms with Crippen LogP contribution in [0.2, 0.25) is 0 Å². The summed E-state index contributed by atoms with van der Waals surface area (Å²) in [5.74, 6) is -4.62. The van der Waals surface area contributed by atoms with Crippen molar-refractivity contribution in [3.05, 3.63) is 124 Å². The van der Waals surface area contributed by atoms with Crippen molar-refractivity contribution in [3.8, 4) is 16.9 Å². The van der Waals surface area contributed by atoms with Crippen LogP contribution >= 0.6 is 0 Å². The Balaban J connectivity index is 1.12. The van der Waals surface area contributed by atoms with E-state index in [0.717, 1.165) is 22.3 Å². The molecule has 4 aromatic carbocycles. The second kappa shape index (κ2) is 19.1. The number of non-ortho nitro benzene ring substituents is 1. The third kappa shape index (κ3) is 11.8. The minimum Gasteiger partial charge on any atom is -0.449 e. The van der Waals surface area contributed by atoms with E-state index in [2.05, 4.69) is 21.3 Å². The molecule has 310 valence electrons. The summed E-state index contributed by atoms with van der Waals surface area (Å²) < 4.78 is 48.8. The molecule has 0 aliphatic heterocycles. The molecule has 5 N–H and O–H groups in total. The number of benzene rings is 4. The number of hydrogen-bond acceptors (Lipinski definition) is 12. The fourth-order valence-electron chi connectivity index (χ4n) is 6.17. The highest BCUT2D eigenvalue weighted by Crippen LogP contribution is 2.44. The summed E-state index contributed by atoms with van der Waals surface area (Å²) in [6.07, 6.45) is -2.17. The van der Waals surface area contributed by atoms with Crippen molar-refractivity contribution in [3.63, 3.8) is 0 Å². The van der Waals surface area contributed by atoms with Crippen LogP contribution in [0.15, 0.2) is 97.1 Å². The Bertz CT molecular complexity index is 2270. The molecule has 1 aliphatic carbocycles. The summed E-state index contributed by atoms with van der Waals surface area (Å²) >= 11 is 0. The van der Waals surface area contributed by atoms with Gasteiger partial charge in [-0.1, -0.05) is 74.5 Å². The van der Waals surface area contributed by atoms with Gasteiger partial charge in [0.2, 0.25) is 17.7 Å². The van der Waals surface area contributed by atoms with Crippen molar-refractivity contribution in [2.75, 3.05) is 17.7 Å². The molecule has 0 saturated heterocycles.